The van der Waals surface area contributed by atoms with E-state index in [9.17, 15) is 0 Å². The maximum atomic E-state index is 4.81. The molecule has 1 aromatic carbocycles. The van der Waals surface area contributed by atoms with Crippen molar-refractivity contribution in [2.24, 2.45) is 4.99 Å². The highest BCUT2D eigenvalue weighted by atomic mass is 15.3. The first-order chi connectivity index (χ1) is 9.75. The van der Waals surface area contributed by atoms with Crippen LogP contribution in [0, 0.1) is 0 Å². The Morgan fingerprint density at radius 2 is 2.05 bits per heavy atom. The number of hydrogen-bond acceptors (Lipinski definition) is 3. The molecule has 1 aromatic heterocycles. The fraction of sp³-hybridized carbons (Fsp3) is 0.250. The molecule has 0 aliphatic carbocycles. The number of anilines is 2. The number of pyridine rings is 1. The number of fused-ring (bicyclic) bond motifs is 1. The number of amidine groups is 1. The molecule has 3 rings (SSSR count). The lowest BCUT2D eigenvalue weighted by Gasteiger charge is -2.33. The van der Waals surface area contributed by atoms with Gasteiger partial charge in [-0.05, 0) is 38.1 Å². The average Bonchev–Trinajstić information content (AvgIpc) is 2.48. The van der Waals surface area contributed by atoms with Crippen molar-refractivity contribution in [3.8, 4) is 0 Å². The molecule has 0 fully saturated rings. The van der Waals surface area contributed by atoms with Crippen molar-refractivity contribution >= 4 is 17.2 Å². The van der Waals surface area contributed by atoms with E-state index in [0.29, 0.717) is 6.67 Å². The zero-order valence-corrected chi connectivity index (χ0v) is 11.7. The topological polar surface area (TPSA) is 40.5 Å². The van der Waals surface area contributed by atoms with Crippen molar-refractivity contribution in [2.75, 3.05) is 16.9 Å². The lowest BCUT2D eigenvalue weighted by Crippen LogP contribution is -2.41. The summed E-state index contributed by atoms with van der Waals surface area (Å²) >= 11 is 0. The Kier molecular flexibility index (Phi) is 3.37. The molecule has 4 nitrogen and oxygen atoms in total. The van der Waals surface area contributed by atoms with Crippen molar-refractivity contribution in [1.82, 2.24) is 4.98 Å². The van der Waals surface area contributed by atoms with Gasteiger partial charge < -0.3 is 10.2 Å². The van der Waals surface area contributed by atoms with Gasteiger partial charge >= 0.3 is 0 Å². The zero-order chi connectivity index (χ0) is 13.9. The second-order valence-electron chi connectivity index (χ2n) is 5.07. The minimum atomic E-state index is 0.246. The highest BCUT2D eigenvalue weighted by molar-refractivity contribution is 6.14. The highest BCUT2D eigenvalue weighted by Crippen LogP contribution is 2.26. The van der Waals surface area contributed by atoms with E-state index in [-0.39, 0.29) is 6.04 Å². The Hall–Kier alpha value is -2.36. The van der Waals surface area contributed by atoms with Gasteiger partial charge in [-0.15, -0.1) is 0 Å². The van der Waals surface area contributed by atoms with Crippen molar-refractivity contribution in [1.29, 1.82) is 0 Å². The number of rotatable bonds is 2. The summed E-state index contributed by atoms with van der Waals surface area (Å²) in [6, 6.07) is 12.5. The minimum absolute atomic E-state index is 0.246. The molecule has 0 saturated carbocycles. The molecule has 0 bridgehead atoms. The van der Waals surface area contributed by atoms with E-state index >= 15 is 0 Å². The second-order valence-corrected chi connectivity index (χ2v) is 5.07. The van der Waals surface area contributed by atoms with Crippen LogP contribution >= 0.6 is 0 Å². The van der Waals surface area contributed by atoms with Gasteiger partial charge in [0.2, 0.25) is 0 Å². The van der Waals surface area contributed by atoms with Gasteiger partial charge in [0, 0.05) is 23.5 Å². The zero-order valence-electron chi connectivity index (χ0n) is 11.7. The molecule has 2 heterocycles. The summed E-state index contributed by atoms with van der Waals surface area (Å²) in [6.07, 6.45) is 3.65. The fourth-order valence-electron chi connectivity index (χ4n) is 2.33. The number of para-hydroxylation sites is 1. The Morgan fingerprint density at radius 1 is 1.20 bits per heavy atom. The Balaban J connectivity index is 2.09. The van der Waals surface area contributed by atoms with E-state index in [1.165, 1.54) is 0 Å². The summed E-state index contributed by atoms with van der Waals surface area (Å²) in [6.45, 7) is 4.90. The Morgan fingerprint density at radius 3 is 2.80 bits per heavy atom. The SMILES string of the molecule is CC(C)N=C1c2ccccc2NCN1c1cccnc1. The summed E-state index contributed by atoms with van der Waals surface area (Å²) in [5.41, 5.74) is 3.32. The number of aromatic nitrogens is 1. The van der Waals surface area contributed by atoms with Gasteiger partial charge in [0.25, 0.3) is 0 Å². The predicted octanol–water partition coefficient (Wildman–Crippen LogP) is 3.13. The Bertz CT molecular complexity index is 619. The van der Waals surface area contributed by atoms with Gasteiger partial charge in [0.15, 0.2) is 0 Å². The molecular weight excluding hydrogens is 248 g/mol. The molecule has 102 valence electrons. The molecule has 20 heavy (non-hydrogen) atoms. The van der Waals surface area contributed by atoms with Crippen LogP contribution in [0.15, 0.2) is 53.8 Å². The van der Waals surface area contributed by atoms with Crippen molar-refractivity contribution < 1.29 is 0 Å². The minimum Gasteiger partial charge on any atom is -0.367 e. The third-order valence-corrected chi connectivity index (χ3v) is 3.19. The molecular formula is C16H18N4. The summed E-state index contributed by atoms with van der Waals surface area (Å²) in [5.74, 6) is 1.00. The number of nitrogens with one attached hydrogen (secondary N) is 1. The van der Waals surface area contributed by atoms with E-state index in [0.717, 1.165) is 22.8 Å². The summed E-state index contributed by atoms with van der Waals surface area (Å²) < 4.78 is 0. The van der Waals surface area contributed by atoms with Gasteiger partial charge in [0.05, 0.1) is 18.6 Å². The van der Waals surface area contributed by atoms with Crippen LogP contribution in [-0.2, 0) is 0 Å². The Labute approximate surface area is 119 Å². The number of benzene rings is 1. The number of nitrogens with zero attached hydrogens (tertiary/aromatic N) is 3. The monoisotopic (exact) mass is 266 g/mol. The van der Waals surface area contributed by atoms with Gasteiger partial charge in [-0.25, -0.2) is 0 Å². The third kappa shape index (κ3) is 2.37. The van der Waals surface area contributed by atoms with Gasteiger partial charge in [-0.3, -0.25) is 9.98 Å². The highest BCUT2D eigenvalue weighted by Gasteiger charge is 2.23. The maximum absolute atomic E-state index is 4.81. The van der Waals surface area contributed by atoms with Crippen molar-refractivity contribution in [2.45, 2.75) is 19.9 Å². The van der Waals surface area contributed by atoms with Crippen LogP contribution < -0.4 is 10.2 Å². The molecule has 0 saturated heterocycles. The molecule has 1 aliphatic heterocycles. The molecule has 1 N–H and O–H groups in total. The van der Waals surface area contributed by atoms with Crippen molar-refractivity contribution in [3.05, 3.63) is 54.4 Å². The largest absolute Gasteiger partial charge is 0.367 e. The van der Waals surface area contributed by atoms with E-state index in [2.05, 4.69) is 47.2 Å². The number of aliphatic imine (C=N–C) groups is 1. The summed E-state index contributed by atoms with van der Waals surface area (Å²) in [7, 11) is 0. The van der Waals surface area contributed by atoms with Gasteiger partial charge in [0.1, 0.15) is 5.84 Å². The summed E-state index contributed by atoms with van der Waals surface area (Å²) in [4.78, 5) is 11.2. The molecule has 1 aliphatic rings. The van der Waals surface area contributed by atoms with Crippen LogP contribution in [-0.4, -0.2) is 23.5 Å². The molecule has 0 atom stereocenters. The van der Waals surface area contributed by atoms with E-state index in [1.54, 1.807) is 6.20 Å². The predicted molar refractivity (Wildman–Crippen MR) is 83.3 cm³/mol. The molecule has 0 amide bonds. The fourth-order valence-corrected chi connectivity index (χ4v) is 2.33. The van der Waals surface area contributed by atoms with Crippen LogP contribution in [0.4, 0.5) is 11.4 Å². The molecule has 4 heteroatoms. The normalized spacial score (nSPS) is 16.1. The van der Waals surface area contributed by atoms with E-state index in [1.807, 2.05) is 24.4 Å². The lowest BCUT2D eigenvalue weighted by molar-refractivity contribution is 0.826. The quantitative estimate of drug-likeness (QED) is 0.908. The second kappa shape index (κ2) is 5.33. The van der Waals surface area contributed by atoms with Gasteiger partial charge in [-0.2, -0.15) is 0 Å². The molecule has 0 radical (unpaired) electrons. The van der Waals surface area contributed by atoms with Crippen LogP contribution in [0.25, 0.3) is 0 Å². The smallest absolute Gasteiger partial charge is 0.139 e. The van der Waals surface area contributed by atoms with Crippen LogP contribution in [0.2, 0.25) is 0 Å². The van der Waals surface area contributed by atoms with Crippen LogP contribution in [0.5, 0.6) is 0 Å². The first-order valence-corrected chi connectivity index (χ1v) is 6.84. The third-order valence-electron chi connectivity index (χ3n) is 3.19. The summed E-state index contributed by atoms with van der Waals surface area (Å²) in [5, 5.41) is 3.43. The van der Waals surface area contributed by atoms with Crippen LogP contribution in [0.3, 0.4) is 0 Å². The number of hydrogen-bond donors (Lipinski definition) is 1. The first-order valence-electron chi connectivity index (χ1n) is 6.84. The molecule has 0 spiro atoms. The lowest BCUT2D eigenvalue weighted by atomic mass is 10.1. The van der Waals surface area contributed by atoms with Crippen LogP contribution in [0.1, 0.15) is 19.4 Å². The molecule has 0 unspecified atom stereocenters. The van der Waals surface area contributed by atoms with E-state index in [4.69, 9.17) is 4.99 Å². The molecule has 2 aromatic rings. The van der Waals surface area contributed by atoms with Crippen molar-refractivity contribution in [3.63, 3.8) is 0 Å². The first kappa shape index (κ1) is 12.7. The van der Waals surface area contributed by atoms with E-state index < -0.39 is 0 Å². The average molecular weight is 266 g/mol. The standard InChI is InChI=1S/C16H18N4/c1-12(2)19-16-14-7-3-4-8-15(14)18-11-20(16)13-6-5-9-17-10-13/h3-10,12,18H,11H2,1-2H3. The maximum Gasteiger partial charge on any atom is 0.139 e. The van der Waals surface area contributed by atoms with Gasteiger partial charge in [-0.1, -0.05) is 12.1 Å².